The van der Waals surface area contributed by atoms with E-state index in [9.17, 15) is 4.79 Å². The van der Waals surface area contributed by atoms with E-state index in [-0.39, 0.29) is 6.61 Å². The molecule has 106 valence electrons. The third kappa shape index (κ3) is 4.20. The van der Waals surface area contributed by atoms with Gasteiger partial charge in [-0.15, -0.1) is 0 Å². The second-order valence-corrected chi connectivity index (χ2v) is 4.52. The van der Waals surface area contributed by atoms with Crippen LogP contribution in [0.3, 0.4) is 0 Å². The average Bonchev–Trinajstić information content (AvgIpc) is 2.51. The van der Waals surface area contributed by atoms with Crippen molar-refractivity contribution in [2.75, 3.05) is 18.5 Å². The first kappa shape index (κ1) is 14.8. The minimum Gasteiger partial charge on any atom is -0.460 e. The van der Waals surface area contributed by atoms with Crippen LogP contribution in [-0.2, 0) is 4.74 Å². The monoisotopic (exact) mass is 301 g/mol. The van der Waals surface area contributed by atoms with Gasteiger partial charge in [-0.05, 0) is 30.3 Å². The number of nitrogens with one attached hydrogen (secondary N) is 1. The van der Waals surface area contributed by atoms with E-state index >= 15 is 0 Å². The SMILES string of the molecule is N#Cc1cccnc1NCCOC(=O)c1cccc(Cl)c1. The molecule has 0 atom stereocenters. The van der Waals surface area contributed by atoms with E-state index in [1.165, 1.54) is 0 Å². The van der Waals surface area contributed by atoms with Crippen molar-refractivity contribution >= 4 is 23.4 Å². The predicted molar refractivity (Wildman–Crippen MR) is 79.2 cm³/mol. The quantitative estimate of drug-likeness (QED) is 0.679. The van der Waals surface area contributed by atoms with Crippen LogP contribution in [-0.4, -0.2) is 24.1 Å². The molecule has 1 heterocycles. The number of nitrogens with zero attached hydrogens (tertiary/aromatic N) is 2. The number of benzene rings is 1. The van der Waals surface area contributed by atoms with Crippen LogP contribution >= 0.6 is 11.6 Å². The van der Waals surface area contributed by atoms with Gasteiger partial charge >= 0.3 is 5.97 Å². The van der Waals surface area contributed by atoms with Gasteiger partial charge in [-0.25, -0.2) is 9.78 Å². The van der Waals surface area contributed by atoms with Gasteiger partial charge in [-0.3, -0.25) is 0 Å². The van der Waals surface area contributed by atoms with Gasteiger partial charge in [0.15, 0.2) is 0 Å². The normalized spacial score (nSPS) is 9.71. The maximum atomic E-state index is 11.8. The van der Waals surface area contributed by atoms with Crippen molar-refractivity contribution in [2.45, 2.75) is 0 Å². The Hall–Kier alpha value is -2.58. The summed E-state index contributed by atoms with van der Waals surface area (Å²) in [7, 11) is 0. The van der Waals surface area contributed by atoms with Gasteiger partial charge in [0.2, 0.25) is 0 Å². The van der Waals surface area contributed by atoms with Crippen molar-refractivity contribution < 1.29 is 9.53 Å². The number of nitriles is 1. The molecule has 0 spiro atoms. The molecule has 0 aliphatic heterocycles. The van der Waals surface area contributed by atoms with Crippen molar-refractivity contribution in [3.05, 3.63) is 58.7 Å². The summed E-state index contributed by atoms with van der Waals surface area (Å²) in [5.41, 5.74) is 0.844. The summed E-state index contributed by atoms with van der Waals surface area (Å²) in [6.07, 6.45) is 1.58. The van der Waals surface area contributed by atoms with Crippen LogP contribution in [0.4, 0.5) is 5.82 Å². The number of rotatable bonds is 5. The van der Waals surface area contributed by atoms with E-state index in [4.69, 9.17) is 21.6 Å². The minimum atomic E-state index is -0.444. The average molecular weight is 302 g/mol. The summed E-state index contributed by atoms with van der Waals surface area (Å²) in [4.78, 5) is 15.8. The largest absolute Gasteiger partial charge is 0.460 e. The highest BCUT2D eigenvalue weighted by molar-refractivity contribution is 6.30. The zero-order valence-corrected chi connectivity index (χ0v) is 11.8. The molecule has 0 saturated heterocycles. The molecule has 0 bridgehead atoms. The van der Waals surface area contributed by atoms with Crippen LogP contribution in [0.15, 0.2) is 42.6 Å². The minimum absolute atomic E-state index is 0.160. The van der Waals surface area contributed by atoms with Gasteiger partial charge in [0.05, 0.1) is 17.7 Å². The first-order valence-corrected chi connectivity index (χ1v) is 6.60. The molecule has 0 amide bonds. The lowest BCUT2D eigenvalue weighted by atomic mass is 10.2. The number of hydrogen-bond acceptors (Lipinski definition) is 5. The molecule has 2 rings (SSSR count). The molecular weight excluding hydrogens is 290 g/mol. The van der Waals surface area contributed by atoms with Gasteiger partial charge in [0.25, 0.3) is 0 Å². The first-order chi connectivity index (χ1) is 10.2. The summed E-state index contributed by atoms with van der Waals surface area (Å²) < 4.78 is 5.11. The Morgan fingerprint density at radius 2 is 2.24 bits per heavy atom. The summed E-state index contributed by atoms with van der Waals surface area (Å²) in [6.45, 7) is 0.519. The number of esters is 1. The Morgan fingerprint density at radius 1 is 1.38 bits per heavy atom. The summed E-state index contributed by atoms with van der Waals surface area (Å²) in [6, 6.07) is 11.9. The lowest BCUT2D eigenvalue weighted by Gasteiger charge is -2.08. The van der Waals surface area contributed by atoms with Crippen LogP contribution in [0.25, 0.3) is 0 Å². The number of ether oxygens (including phenoxy) is 1. The zero-order chi connectivity index (χ0) is 15.1. The molecule has 0 aliphatic rings. The highest BCUT2D eigenvalue weighted by atomic mass is 35.5. The number of anilines is 1. The number of aromatic nitrogens is 1. The highest BCUT2D eigenvalue weighted by Crippen LogP contribution is 2.12. The van der Waals surface area contributed by atoms with E-state index < -0.39 is 5.97 Å². The van der Waals surface area contributed by atoms with Gasteiger partial charge in [0.1, 0.15) is 18.5 Å². The van der Waals surface area contributed by atoms with E-state index in [0.717, 1.165) is 0 Å². The van der Waals surface area contributed by atoms with Crippen molar-refractivity contribution in [1.82, 2.24) is 4.98 Å². The number of carbonyl (C=O) groups is 1. The molecule has 21 heavy (non-hydrogen) atoms. The van der Waals surface area contributed by atoms with Gasteiger partial charge in [-0.2, -0.15) is 5.26 Å². The first-order valence-electron chi connectivity index (χ1n) is 6.22. The topological polar surface area (TPSA) is 75.0 Å². The summed E-state index contributed by atoms with van der Waals surface area (Å²) in [5.74, 6) is 0.0274. The molecule has 0 aliphatic carbocycles. The maximum absolute atomic E-state index is 11.8. The van der Waals surface area contributed by atoms with Crippen molar-refractivity contribution in [3.8, 4) is 6.07 Å². The number of carbonyl (C=O) groups excluding carboxylic acids is 1. The van der Waals surface area contributed by atoms with Crippen LogP contribution in [0.2, 0.25) is 5.02 Å². The van der Waals surface area contributed by atoms with Gasteiger partial charge < -0.3 is 10.1 Å². The van der Waals surface area contributed by atoms with Crippen LogP contribution in [0.5, 0.6) is 0 Å². The highest BCUT2D eigenvalue weighted by Gasteiger charge is 2.07. The smallest absolute Gasteiger partial charge is 0.338 e. The molecule has 6 heteroatoms. The lowest BCUT2D eigenvalue weighted by Crippen LogP contribution is -2.15. The summed E-state index contributed by atoms with van der Waals surface area (Å²) in [5, 5.41) is 12.3. The second-order valence-electron chi connectivity index (χ2n) is 4.08. The Bertz CT molecular complexity index is 683. The Morgan fingerprint density at radius 3 is 3.00 bits per heavy atom. The van der Waals surface area contributed by atoms with E-state index in [2.05, 4.69) is 10.3 Å². The molecule has 0 saturated carbocycles. The molecule has 1 N–H and O–H groups in total. The maximum Gasteiger partial charge on any atom is 0.338 e. The van der Waals surface area contributed by atoms with Crippen LogP contribution in [0, 0.1) is 11.3 Å². The summed E-state index contributed by atoms with van der Waals surface area (Å²) >= 11 is 5.80. The molecule has 1 aromatic heterocycles. The van der Waals surface area contributed by atoms with Crippen molar-refractivity contribution in [3.63, 3.8) is 0 Å². The fourth-order valence-electron chi connectivity index (χ4n) is 1.65. The fraction of sp³-hybridized carbons (Fsp3) is 0.133. The number of halogens is 1. The van der Waals surface area contributed by atoms with Crippen LogP contribution < -0.4 is 5.32 Å². The Labute approximate surface area is 127 Å². The second kappa shape index (κ2) is 7.27. The third-order valence-electron chi connectivity index (χ3n) is 2.62. The number of pyridine rings is 1. The van der Waals surface area contributed by atoms with E-state index in [1.54, 1.807) is 42.6 Å². The van der Waals surface area contributed by atoms with E-state index in [1.807, 2.05) is 6.07 Å². The standard InChI is InChI=1S/C15H12ClN3O2/c16-13-5-1-3-11(9-13)15(20)21-8-7-19-14-12(10-17)4-2-6-18-14/h1-6,9H,7-8H2,(H,18,19). The van der Waals surface area contributed by atoms with Crippen LogP contribution in [0.1, 0.15) is 15.9 Å². The van der Waals surface area contributed by atoms with Gasteiger partial charge in [-0.1, -0.05) is 17.7 Å². The molecule has 0 radical (unpaired) electrons. The molecule has 2 aromatic rings. The lowest BCUT2D eigenvalue weighted by molar-refractivity contribution is 0.0520. The predicted octanol–water partition coefficient (Wildman–Crippen LogP) is 2.88. The van der Waals surface area contributed by atoms with E-state index in [0.29, 0.717) is 28.5 Å². The van der Waals surface area contributed by atoms with Crippen molar-refractivity contribution in [1.29, 1.82) is 5.26 Å². The third-order valence-corrected chi connectivity index (χ3v) is 2.85. The van der Waals surface area contributed by atoms with Gasteiger partial charge in [0, 0.05) is 11.2 Å². The molecule has 0 fully saturated rings. The number of hydrogen-bond donors (Lipinski definition) is 1. The fourth-order valence-corrected chi connectivity index (χ4v) is 1.84. The Balaban J connectivity index is 1.82. The van der Waals surface area contributed by atoms with Crippen molar-refractivity contribution in [2.24, 2.45) is 0 Å². The Kier molecular flexibility index (Phi) is 5.13. The molecule has 0 unspecified atom stereocenters. The zero-order valence-electron chi connectivity index (χ0n) is 11.0. The molecule has 5 nitrogen and oxygen atoms in total. The molecule has 1 aromatic carbocycles. The molecular formula is C15H12ClN3O2.